The number of hydrogen-bond donors (Lipinski definition) is 0. The summed E-state index contributed by atoms with van der Waals surface area (Å²) in [4.78, 5) is 12.8. The first kappa shape index (κ1) is 20.4. The largest absolute Gasteiger partial charge is 0.469 e. The molecule has 0 N–H and O–H groups in total. The quantitative estimate of drug-likeness (QED) is 0.308. The van der Waals surface area contributed by atoms with E-state index in [-0.39, 0.29) is 5.78 Å². The van der Waals surface area contributed by atoms with Crippen LogP contribution in [0.5, 0.6) is 0 Å². The molecule has 0 atom stereocenters. The number of Topliss-reactive ketones (excluding diaryl/α,β-unsaturated/α-hetero) is 1. The van der Waals surface area contributed by atoms with Crippen molar-refractivity contribution in [2.45, 2.75) is 38.9 Å². The number of methoxy groups -OCH3 is 1. The van der Waals surface area contributed by atoms with Crippen LogP contribution in [-0.4, -0.2) is 44.6 Å². The molecule has 7 nitrogen and oxygen atoms in total. The summed E-state index contributed by atoms with van der Waals surface area (Å²) in [6.07, 6.45) is 2.56. The highest BCUT2D eigenvalue weighted by atomic mass is 32.2. The average molecular weight is 403 g/mol. The van der Waals surface area contributed by atoms with Gasteiger partial charge in [-0.15, -0.1) is 10.2 Å². The van der Waals surface area contributed by atoms with E-state index in [1.54, 1.807) is 13.4 Å². The van der Waals surface area contributed by atoms with Gasteiger partial charge in [0.15, 0.2) is 16.8 Å². The number of rotatable bonds is 9. The summed E-state index contributed by atoms with van der Waals surface area (Å²) in [5.41, 5.74) is 3.79. The zero-order chi connectivity index (χ0) is 20.3. The number of furan rings is 1. The van der Waals surface area contributed by atoms with Gasteiger partial charge < -0.3 is 18.3 Å². The van der Waals surface area contributed by atoms with Crippen LogP contribution in [0.4, 0.5) is 0 Å². The summed E-state index contributed by atoms with van der Waals surface area (Å²) < 4.78 is 14.5. The monoisotopic (exact) mass is 402 g/mol. The van der Waals surface area contributed by atoms with Gasteiger partial charge in [0.1, 0.15) is 5.76 Å². The summed E-state index contributed by atoms with van der Waals surface area (Å²) in [5.74, 6) is 1.94. The molecule has 0 spiro atoms. The third-order valence-corrected chi connectivity index (χ3v) is 5.89. The molecule has 0 aliphatic rings. The predicted molar refractivity (Wildman–Crippen MR) is 109 cm³/mol. The molecule has 3 aromatic rings. The van der Waals surface area contributed by atoms with Gasteiger partial charge in [-0.1, -0.05) is 11.8 Å². The first-order chi connectivity index (χ1) is 13.4. The van der Waals surface area contributed by atoms with Crippen molar-refractivity contribution >= 4 is 17.5 Å². The van der Waals surface area contributed by atoms with Gasteiger partial charge in [0, 0.05) is 44.3 Å². The van der Waals surface area contributed by atoms with Gasteiger partial charge in [0.25, 0.3) is 0 Å². The molecule has 0 aliphatic carbocycles. The van der Waals surface area contributed by atoms with E-state index in [1.165, 1.54) is 11.8 Å². The summed E-state index contributed by atoms with van der Waals surface area (Å²) in [7, 11) is 3.60. The maximum atomic E-state index is 12.8. The maximum absolute atomic E-state index is 12.8. The van der Waals surface area contributed by atoms with E-state index in [0.29, 0.717) is 17.5 Å². The average Bonchev–Trinajstić information content (AvgIpc) is 3.33. The van der Waals surface area contributed by atoms with Crippen molar-refractivity contribution in [2.75, 3.05) is 19.5 Å². The second kappa shape index (κ2) is 8.79. The molecule has 0 fully saturated rings. The van der Waals surface area contributed by atoms with Crippen molar-refractivity contribution in [2.24, 2.45) is 7.05 Å². The van der Waals surface area contributed by atoms with Crippen molar-refractivity contribution in [3.63, 3.8) is 0 Å². The molecule has 0 unspecified atom stereocenters. The minimum Gasteiger partial charge on any atom is -0.469 e. The Morgan fingerprint density at radius 1 is 1.29 bits per heavy atom. The lowest BCUT2D eigenvalue weighted by molar-refractivity contribution is 0.102. The summed E-state index contributed by atoms with van der Waals surface area (Å²) in [5, 5.41) is 9.19. The molecular weight excluding hydrogens is 376 g/mol. The number of ketones is 1. The van der Waals surface area contributed by atoms with Gasteiger partial charge >= 0.3 is 0 Å². The predicted octanol–water partition coefficient (Wildman–Crippen LogP) is 3.81. The smallest absolute Gasteiger partial charge is 0.191 e. The molecule has 3 aromatic heterocycles. The third-order valence-electron chi connectivity index (χ3n) is 4.87. The topological polar surface area (TPSA) is 75.1 Å². The van der Waals surface area contributed by atoms with Crippen molar-refractivity contribution in [1.82, 2.24) is 19.3 Å². The highest BCUT2D eigenvalue weighted by Crippen LogP contribution is 2.26. The van der Waals surface area contributed by atoms with Crippen LogP contribution in [0, 0.1) is 20.8 Å². The first-order valence-electron chi connectivity index (χ1n) is 9.19. The van der Waals surface area contributed by atoms with Crippen molar-refractivity contribution in [3.8, 4) is 11.4 Å². The lowest BCUT2D eigenvalue weighted by Crippen LogP contribution is -2.08. The van der Waals surface area contributed by atoms with E-state index in [1.807, 2.05) is 44.5 Å². The van der Waals surface area contributed by atoms with Crippen LogP contribution >= 0.6 is 11.8 Å². The van der Waals surface area contributed by atoms with Crippen LogP contribution in [0.15, 0.2) is 28.0 Å². The fourth-order valence-electron chi connectivity index (χ4n) is 3.29. The second-order valence-electron chi connectivity index (χ2n) is 6.75. The van der Waals surface area contributed by atoms with Crippen LogP contribution in [0.2, 0.25) is 0 Å². The Bertz CT molecular complexity index is 970. The second-order valence-corrected chi connectivity index (χ2v) is 7.69. The maximum Gasteiger partial charge on any atom is 0.191 e. The van der Waals surface area contributed by atoms with Gasteiger partial charge in [0.05, 0.1) is 17.6 Å². The number of carbonyl (C=O) groups is 1. The van der Waals surface area contributed by atoms with E-state index >= 15 is 0 Å². The summed E-state index contributed by atoms with van der Waals surface area (Å²) in [6, 6.07) is 3.85. The number of aryl methyl sites for hydroxylation is 2. The van der Waals surface area contributed by atoms with Gasteiger partial charge in [0.2, 0.25) is 0 Å². The number of nitrogens with zero attached hydrogens (tertiary/aromatic N) is 4. The van der Waals surface area contributed by atoms with Gasteiger partial charge in [-0.2, -0.15) is 0 Å². The number of thioether (sulfide) groups is 1. The van der Waals surface area contributed by atoms with E-state index in [4.69, 9.17) is 9.15 Å². The number of aromatic nitrogens is 4. The molecule has 0 amide bonds. The van der Waals surface area contributed by atoms with Crippen LogP contribution in [0.3, 0.4) is 0 Å². The number of hydrogen-bond acceptors (Lipinski definition) is 6. The molecule has 150 valence electrons. The molecule has 8 heteroatoms. The Hall–Kier alpha value is -2.32. The lowest BCUT2D eigenvalue weighted by atomic mass is 10.2. The fraction of sp³-hybridized carbons (Fsp3) is 0.450. The van der Waals surface area contributed by atoms with E-state index < -0.39 is 0 Å². The first-order valence-corrected chi connectivity index (χ1v) is 10.2. The standard InChI is InChI=1S/C20H26N4O3S/c1-13-11-17(14(2)24(13)8-6-9-26-5)18(25)12-28-20-22-21-19(23(20)4)16-7-10-27-15(16)3/h7,10-11H,6,8-9,12H2,1-5H3. The molecule has 0 radical (unpaired) electrons. The molecule has 0 aliphatic heterocycles. The Balaban J connectivity index is 1.69. The molecule has 3 heterocycles. The van der Waals surface area contributed by atoms with Crippen molar-refractivity contribution < 1.29 is 13.9 Å². The minimum absolute atomic E-state index is 0.0973. The number of carbonyl (C=O) groups excluding carboxylic acids is 1. The van der Waals surface area contributed by atoms with Crippen molar-refractivity contribution in [1.29, 1.82) is 0 Å². The summed E-state index contributed by atoms with van der Waals surface area (Å²) in [6.45, 7) is 7.48. The highest BCUT2D eigenvalue weighted by molar-refractivity contribution is 7.99. The Kier molecular flexibility index (Phi) is 6.41. The van der Waals surface area contributed by atoms with E-state index in [9.17, 15) is 4.79 Å². The van der Waals surface area contributed by atoms with Gasteiger partial charge in [-0.25, -0.2) is 0 Å². The fourth-order valence-corrected chi connectivity index (χ4v) is 4.09. The molecule has 28 heavy (non-hydrogen) atoms. The molecule has 3 rings (SSSR count). The lowest BCUT2D eigenvalue weighted by Gasteiger charge is -2.09. The summed E-state index contributed by atoms with van der Waals surface area (Å²) >= 11 is 1.40. The van der Waals surface area contributed by atoms with Gasteiger partial charge in [-0.3, -0.25) is 4.79 Å². The SMILES string of the molecule is COCCCn1c(C)cc(C(=O)CSc2nnc(-c3ccoc3C)n2C)c1C. The number of ether oxygens (including phenoxy) is 1. The Morgan fingerprint density at radius 3 is 2.75 bits per heavy atom. The van der Waals surface area contributed by atoms with Crippen LogP contribution in [-0.2, 0) is 18.3 Å². The van der Waals surface area contributed by atoms with Crippen LogP contribution in [0.25, 0.3) is 11.4 Å². The Labute approximate surface area is 169 Å². The van der Waals surface area contributed by atoms with E-state index in [0.717, 1.165) is 47.1 Å². The normalized spacial score (nSPS) is 11.3. The van der Waals surface area contributed by atoms with Crippen molar-refractivity contribution in [3.05, 3.63) is 41.1 Å². The third kappa shape index (κ3) is 4.07. The Morgan fingerprint density at radius 2 is 2.07 bits per heavy atom. The molecule has 0 aromatic carbocycles. The zero-order valence-electron chi connectivity index (χ0n) is 17.0. The zero-order valence-corrected chi connectivity index (χ0v) is 17.8. The molecule has 0 saturated heterocycles. The molecular formula is C20H26N4O3S. The van der Waals surface area contributed by atoms with E-state index in [2.05, 4.69) is 14.8 Å². The van der Waals surface area contributed by atoms with Crippen LogP contribution in [0.1, 0.15) is 33.9 Å². The molecule has 0 saturated carbocycles. The van der Waals surface area contributed by atoms with Crippen LogP contribution < -0.4 is 0 Å². The van der Waals surface area contributed by atoms with Gasteiger partial charge in [-0.05, 0) is 39.3 Å². The molecule has 0 bridgehead atoms. The minimum atomic E-state index is 0.0973. The highest BCUT2D eigenvalue weighted by Gasteiger charge is 2.19.